The Labute approximate surface area is 168 Å². The molecule has 0 spiro atoms. The highest BCUT2D eigenvalue weighted by atomic mass is 35.5. The van der Waals surface area contributed by atoms with Crippen LogP contribution in [0.4, 0.5) is 0 Å². The van der Waals surface area contributed by atoms with Crippen molar-refractivity contribution in [1.82, 2.24) is 9.80 Å². The van der Waals surface area contributed by atoms with Gasteiger partial charge in [-0.25, -0.2) is 0 Å². The molecule has 5 nitrogen and oxygen atoms in total. The molecule has 27 heavy (non-hydrogen) atoms. The molecule has 0 N–H and O–H groups in total. The average Bonchev–Trinajstić information content (AvgIpc) is 3.23. The molecule has 1 aliphatic heterocycles. The molecule has 1 unspecified atom stereocenters. The normalized spacial score (nSPS) is 16.8. The van der Waals surface area contributed by atoms with Crippen LogP contribution in [-0.4, -0.2) is 54.9 Å². The predicted molar refractivity (Wildman–Crippen MR) is 108 cm³/mol. The number of rotatable bonds is 6. The van der Waals surface area contributed by atoms with E-state index in [1.807, 2.05) is 29.6 Å². The summed E-state index contributed by atoms with van der Waals surface area (Å²) in [6, 6.07) is 11.0. The van der Waals surface area contributed by atoms with Gasteiger partial charge >= 0.3 is 0 Å². The summed E-state index contributed by atoms with van der Waals surface area (Å²) in [5.41, 5.74) is 0. The molecule has 0 saturated carbocycles. The quantitative estimate of drug-likeness (QED) is 0.733. The molecule has 1 saturated heterocycles. The third-order valence-electron chi connectivity index (χ3n) is 4.69. The van der Waals surface area contributed by atoms with Gasteiger partial charge in [-0.3, -0.25) is 9.59 Å². The minimum atomic E-state index is -0.159. The van der Waals surface area contributed by atoms with Gasteiger partial charge in [-0.1, -0.05) is 29.8 Å². The van der Waals surface area contributed by atoms with Gasteiger partial charge in [0.2, 0.25) is 5.91 Å². The maximum atomic E-state index is 12.8. The van der Waals surface area contributed by atoms with Crippen molar-refractivity contribution in [3.8, 4) is 5.75 Å². The molecule has 144 valence electrons. The molecule has 3 rings (SSSR count). The van der Waals surface area contributed by atoms with E-state index in [2.05, 4.69) is 0 Å². The van der Waals surface area contributed by atoms with E-state index in [-0.39, 0.29) is 17.7 Å². The van der Waals surface area contributed by atoms with Gasteiger partial charge in [-0.15, -0.1) is 11.3 Å². The van der Waals surface area contributed by atoms with Crippen LogP contribution in [0.5, 0.6) is 5.75 Å². The van der Waals surface area contributed by atoms with E-state index < -0.39 is 0 Å². The zero-order valence-corrected chi connectivity index (χ0v) is 16.8. The highest BCUT2D eigenvalue weighted by Gasteiger charge is 2.30. The number of hydrogen-bond donors (Lipinski definition) is 0. The van der Waals surface area contributed by atoms with Crippen molar-refractivity contribution in [2.75, 3.05) is 33.3 Å². The number of piperidine rings is 1. The van der Waals surface area contributed by atoms with E-state index in [0.717, 1.165) is 17.7 Å². The summed E-state index contributed by atoms with van der Waals surface area (Å²) >= 11 is 7.51. The van der Waals surface area contributed by atoms with Crippen LogP contribution in [0.15, 0.2) is 41.8 Å². The summed E-state index contributed by atoms with van der Waals surface area (Å²) in [6.07, 6.45) is 1.65. The molecule has 2 heterocycles. The van der Waals surface area contributed by atoms with Gasteiger partial charge in [-0.05, 0) is 36.4 Å². The molecule has 0 aliphatic carbocycles. The van der Waals surface area contributed by atoms with Crippen molar-refractivity contribution in [2.45, 2.75) is 12.8 Å². The molecule has 1 fully saturated rings. The smallest absolute Gasteiger partial charge is 0.263 e. The number of benzene rings is 1. The molecular weight excluding hydrogens is 384 g/mol. The number of amides is 2. The van der Waals surface area contributed by atoms with E-state index in [0.29, 0.717) is 37.0 Å². The minimum Gasteiger partial charge on any atom is -0.490 e. The van der Waals surface area contributed by atoms with Crippen LogP contribution in [0.1, 0.15) is 22.5 Å². The Morgan fingerprint density at radius 3 is 2.85 bits per heavy atom. The first-order valence-electron chi connectivity index (χ1n) is 9.01. The number of carbonyl (C=O) groups excluding carboxylic acids is 2. The number of nitrogens with zero attached hydrogens (tertiary/aromatic N) is 2. The molecule has 1 aromatic carbocycles. The second kappa shape index (κ2) is 9.24. The van der Waals surface area contributed by atoms with Gasteiger partial charge < -0.3 is 14.5 Å². The zero-order valence-electron chi connectivity index (χ0n) is 15.3. The van der Waals surface area contributed by atoms with Crippen LogP contribution in [-0.2, 0) is 4.79 Å². The lowest BCUT2D eigenvalue weighted by Crippen LogP contribution is -2.46. The summed E-state index contributed by atoms with van der Waals surface area (Å²) in [6.45, 7) is 2.03. The topological polar surface area (TPSA) is 49.9 Å². The van der Waals surface area contributed by atoms with Crippen LogP contribution in [0.3, 0.4) is 0 Å². The van der Waals surface area contributed by atoms with E-state index in [4.69, 9.17) is 16.3 Å². The largest absolute Gasteiger partial charge is 0.490 e. The lowest BCUT2D eigenvalue weighted by Gasteiger charge is -2.33. The molecule has 2 amide bonds. The fourth-order valence-electron chi connectivity index (χ4n) is 3.20. The van der Waals surface area contributed by atoms with Gasteiger partial charge in [0, 0.05) is 20.1 Å². The Balaban J connectivity index is 1.50. The third-order valence-corrected chi connectivity index (χ3v) is 5.86. The highest BCUT2D eigenvalue weighted by Crippen LogP contribution is 2.24. The van der Waals surface area contributed by atoms with Gasteiger partial charge in [-0.2, -0.15) is 0 Å². The fraction of sp³-hybridized carbons (Fsp3) is 0.400. The zero-order chi connectivity index (χ0) is 19.2. The van der Waals surface area contributed by atoms with Crippen LogP contribution in [0, 0.1) is 5.92 Å². The number of para-hydroxylation sites is 1. The van der Waals surface area contributed by atoms with Gasteiger partial charge in [0.15, 0.2) is 0 Å². The molecule has 0 radical (unpaired) electrons. The summed E-state index contributed by atoms with van der Waals surface area (Å²) < 4.78 is 5.66. The van der Waals surface area contributed by atoms with Crippen molar-refractivity contribution in [3.63, 3.8) is 0 Å². The van der Waals surface area contributed by atoms with Crippen LogP contribution in [0.2, 0.25) is 5.02 Å². The Morgan fingerprint density at radius 1 is 1.30 bits per heavy atom. The Hall–Kier alpha value is -2.05. The van der Waals surface area contributed by atoms with E-state index in [1.54, 1.807) is 29.0 Å². The molecule has 1 aliphatic rings. The lowest BCUT2D eigenvalue weighted by atomic mass is 9.96. The van der Waals surface area contributed by atoms with Crippen molar-refractivity contribution in [1.29, 1.82) is 0 Å². The SMILES string of the molecule is CN(CCOc1ccccc1Cl)C(=O)C1CCCN(C(=O)c2cccs2)C1. The van der Waals surface area contributed by atoms with E-state index in [1.165, 1.54) is 11.3 Å². The Morgan fingerprint density at radius 2 is 2.11 bits per heavy atom. The maximum Gasteiger partial charge on any atom is 0.263 e. The number of thiophene rings is 1. The van der Waals surface area contributed by atoms with Crippen molar-refractivity contribution in [2.24, 2.45) is 5.92 Å². The second-order valence-corrected chi connectivity index (χ2v) is 7.96. The number of likely N-dealkylation sites (N-methyl/N-ethyl adjacent to an activating group) is 1. The van der Waals surface area contributed by atoms with Crippen LogP contribution < -0.4 is 4.74 Å². The summed E-state index contributed by atoms with van der Waals surface area (Å²) in [5, 5.41) is 2.45. The van der Waals surface area contributed by atoms with Gasteiger partial charge in [0.05, 0.1) is 22.4 Å². The first kappa shape index (κ1) is 19.7. The van der Waals surface area contributed by atoms with Gasteiger partial charge in [0.1, 0.15) is 12.4 Å². The molecule has 1 aromatic heterocycles. The Bertz CT molecular complexity index is 781. The second-order valence-electron chi connectivity index (χ2n) is 6.61. The maximum absolute atomic E-state index is 12.8. The number of halogens is 1. The van der Waals surface area contributed by atoms with E-state index >= 15 is 0 Å². The molecule has 7 heteroatoms. The standard InChI is InChI=1S/C20H23ClN2O3S/c1-22(11-12-26-17-8-3-2-7-16(17)21)19(24)15-6-4-10-23(14-15)20(25)18-9-5-13-27-18/h2-3,5,7-9,13,15H,4,6,10-12,14H2,1H3. The highest BCUT2D eigenvalue weighted by molar-refractivity contribution is 7.12. The summed E-state index contributed by atoms with van der Waals surface area (Å²) in [4.78, 5) is 29.5. The minimum absolute atomic E-state index is 0.0206. The van der Waals surface area contributed by atoms with Crippen LogP contribution >= 0.6 is 22.9 Å². The summed E-state index contributed by atoms with van der Waals surface area (Å²) in [7, 11) is 1.78. The van der Waals surface area contributed by atoms with E-state index in [9.17, 15) is 9.59 Å². The number of carbonyl (C=O) groups is 2. The lowest BCUT2D eigenvalue weighted by molar-refractivity contribution is -0.135. The fourth-order valence-corrected chi connectivity index (χ4v) is 4.08. The first-order chi connectivity index (χ1) is 13.1. The average molecular weight is 407 g/mol. The third kappa shape index (κ3) is 5.02. The van der Waals surface area contributed by atoms with Crippen LogP contribution in [0.25, 0.3) is 0 Å². The predicted octanol–water partition coefficient (Wildman–Crippen LogP) is 3.79. The number of ether oxygens (including phenoxy) is 1. The Kier molecular flexibility index (Phi) is 6.74. The van der Waals surface area contributed by atoms with Crippen molar-refractivity contribution >= 4 is 34.8 Å². The monoisotopic (exact) mass is 406 g/mol. The molecular formula is C20H23ClN2O3S. The molecule has 2 aromatic rings. The molecule has 1 atom stereocenters. The van der Waals surface area contributed by atoms with Gasteiger partial charge in [0.25, 0.3) is 5.91 Å². The number of hydrogen-bond acceptors (Lipinski definition) is 4. The number of likely N-dealkylation sites (tertiary alicyclic amines) is 1. The molecule has 0 bridgehead atoms. The first-order valence-corrected chi connectivity index (χ1v) is 10.3. The summed E-state index contributed by atoms with van der Waals surface area (Å²) in [5.74, 6) is 0.534. The van der Waals surface area contributed by atoms with Crippen molar-refractivity contribution in [3.05, 3.63) is 51.7 Å². The van der Waals surface area contributed by atoms with Crippen molar-refractivity contribution < 1.29 is 14.3 Å².